The minimum absolute atomic E-state index is 0.0207. The molecule has 6 nitrogen and oxygen atoms in total. The van der Waals surface area contributed by atoms with Crippen LogP contribution in [-0.2, 0) is 20.2 Å². The van der Waals surface area contributed by atoms with E-state index in [0.717, 1.165) is 18.7 Å². The van der Waals surface area contributed by atoms with Crippen molar-refractivity contribution in [1.82, 2.24) is 14.5 Å². The Balaban J connectivity index is 1.76. The lowest BCUT2D eigenvalue weighted by Crippen LogP contribution is -2.58. The third-order valence-corrected chi connectivity index (χ3v) is 8.87. The smallest absolute Gasteiger partial charge is 0.230 e. The van der Waals surface area contributed by atoms with Crippen LogP contribution in [0, 0.1) is 0 Å². The Bertz CT molecular complexity index is 809. The van der Waals surface area contributed by atoms with Crippen molar-refractivity contribution in [3.63, 3.8) is 0 Å². The van der Waals surface area contributed by atoms with Crippen LogP contribution in [0.3, 0.4) is 0 Å². The molecule has 1 aromatic carbocycles. The number of benzene rings is 1. The maximum atomic E-state index is 13.6. The molecule has 1 amide bonds. The van der Waals surface area contributed by atoms with Crippen LogP contribution in [0.1, 0.15) is 58.4 Å². The molecule has 0 atom stereocenters. The summed E-state index contributed by atoms with van der Waals surface area (Å²) >= 11 is 0. The third-order valence-electron chi connectivity index (χ3n) is 6.99. The van der Waals surface area contributed by atoms with Gasteiger partial charge in [0.15, 0.2) is 0 Å². The molecule has 7 heteroatoms. The van der Waals surface area contributed by atoms with E-state index in [2.05, 4.69) is 24.1 Å². The molecular formula is C23H37N3O3S. The summed E-state index contributed by atoms with van der Waals surface area (Å²) in [6.45, 7) is 9.59. The Morgan fingerprint density at radius 2 is 1.63 bits per heavy atom. The number of carbonyl (C=O) groups is 1. The van der Waals surface area contributed by atoms with Gasteiger partial charge >= 0.3 is 0 Å². The molecule has 3 rings (SSSR count). The molecule has 0 radical (unpaired) electrons. The number of nitrogens with one attached hydrogen (secondary N) is 1. The normalized spacial score (nSPS) is 21.3. The molecule has 0 aliphatic carbocycles. The zero-order chi connectivity index (χ0) is 21.8. The highest BCUT2D eigenvalue weighted by molar-refractivity contribution is 7.89. The molecule has 2 saturated heterocycles. The van der Waals surface area contributed by atoms with E-state index in [1.54, 1.807) is 11.2 Å². The summed E-state index contributed by atoms with van der Waals surface area (Å²) in [7, 11) is -3.23. The van der Waals surface area contributed by atoms with Crippen LogP contribution in [0.15, 0.2) is 30.3 Å². The van der Waals surface area contributed by atoms with E-state index in [0.29, 0.717) is 32.5 Å². The molecule has 2 heterocycles. The standard InChI is InChI=1S/C23H37N3O3S/c1-4-30(28,29)26-17-13-23(14-18-26,20-11-7-5-8-12-20)21(27)24-19-22(2,3)25-15-9-6-10-16-25/h5,7-8,11-12H,4,6,9-10,13-19H2,1-3H3,(H,24,27). The van der Waals surface area contributed by atoms with E-state index < -0.39 is 15.4 Å². The molecule has 2 fully saturated rings. The number of sulfonamides is 1. The fourth-order valence-corrected chi connectivity index (χ4v) is 5.91. The topological polar surface area (TPSA) is 69.7 Å². The van der Waals surface area contributed by atoms with Crippen LogP contribution < -0.4 is 5.32 Å². The fourth-order valence-electron chi connectivity index (χ4n) is 4.81. The summed E-state index contributed by atoms with van der Waals surface area (Å²) in [5.41, 5.74) is 0.200. The largest absolute Gasteiger partial charge is 0.353 e. The van der Waals surface area contributed by atoms with E-state index in [-0.39, 0.29) is 17.2 Å². The molecule has 0 saturated carbocycles. The summed E-state index contributed by atoms with van der Waals surface area (Å²) in [6.07, 6.45) is 4.73. The van der Waals surface area contributed by atoms with Gasteiger partial charge in [0, 0.05) is 25.2 Å². The van der Waals surface area contributed by atoms with Gasteiger partial charge in [0.25, 0.3) is 0 Å². The first-order valence-electron chi connectivity index (χ1n) is 11.3. The van der Waals surface area contributed by atoms with Gasteiger partial charge in [-0.05, 0) is 65.1 Å². The maximum Gasteiger partial charge on any atom is 0.230 e. The molecule has 1 N–H and O–H groups in total. The van der Waals surface area contributed by atoms with Gasteiger partial charge in [-0.25, -0.2) is 12.7 Å². The lowest BCUT2D eigenvalue weighted by Gasteiger charge is -2.43. The van der Waals surface area contributed by atoms with Crippen molar-refractivity contribution in [3.05, 3.63) is 35.9 Å². The van der Waals surface area contributed by atoms with E-state index in [4.69, 9.17) is 0 Å². The fraction of sp³-hybridized carbons (Fsp3) is 0.696. The van der Waals surface area contributed by atoms with Gasteiger partial charge in [-0.3, -0.25) is 9.69 Å². The minimum atomic E-state index is -3.23. The number of amides is 1. The molecule has 0 aromatic heterocycles. The van der Waals surface area contributed by atoms with Crippen molar-refractivity contribution in [2.75, 3.05) is 38.5 Å². The molecule has 1 aromatic rings. The lowest BCUT2D eigenvalue weighted by atomic mass is 9.72. The van der Waals surface area contributed by atoms with Gasteiger partial charge in [0.05, 0.1) is 11.2 Å². The first-order valence-corrected chi connectivity index (χ1v) is 12.9. The van der Waals surface area contributed by atoms with Crippen LogP contribution in [-0.4, -0.2) is 67.5 Å². The molecule has 0 unspecified atom stereocenters. The highest BCUT2D eigenvalue weighted by atomic mass is 32.2. The Labute approximate surface area is 182 Å². The highest BCUT2D eigenvalue weighted by Crippen LogP contribution is 2.37. The molecule has 2 aliphatic rings. The first kappa shape index (κ1) is 23.2. The van der Waals surface area contributed by atoms with Crippen LogP contribution >= 0.6 is 0 Å². The van der Waals surface area contributed by atoms with Crippen molar-refractivity contribution < 1.29 is 13.2 Å². The van der Waals surface area contributed by atoms with Gasteiger partial charge in [-0.2, -0.15) is 0 Å². The molecule has 0 spiro atoms. The third kappa shape index (κ3) is 4.89. The Hall–Kier alpha value is -1.44. The SMILES string of the molecule is CCS(=O)(=O)N1CCC(C(=O)NCC(C)(C)N2CCCCC2)(c2ccccc2)CC1. The van der Waals surface area contributed by atoms with Gasteiger partial charge in [-0.1, -0.05) is 36.8 Å². The minimum Gasteiger partial charge on any atom is -0.353 e. The van der Waals surface area contributed by atoms with E-state index in [1.807, 2.05) is 30.3 Å². The number of nitrogens with zero attached hydrogens (tertiary/aromatic N) is 2. The second-order valence-electron chi connectivity index (χ2n) is 9.29. The maximum absolute atomic E-state index is 13.6. The number of rotatable bonds is 7. The number of likely N-dealkylation sites (tertiary alicyclic amines) is 1. The number of piperidine rings is 2. The van der Waals surface area contributed by atoms with Gasteiger partial charge in [-0.15, -0.1) is 0 Å². The van der Waals surface area contributed by atoms with Crippen molar-refractivity contribution in [3.8, 4) is 0 Å². The van der Waals surface area contributed by atoms with Gasteiger partial charge < -0.3 is 5.32 Å². The first-order chi connectivity index (χ1) is 14.2. The monoisotopic (exact) mass is 435 g/mol. The predicted molar refractivity (Wildman–Crippen MR) is 121 cm³/mol. The summed E-state index contributed by atoms with van der Waals surface area (Å²) in [6, 6.07) is 9.86. The quantitative estimate of drug-likeness (QED) is 0.715. The molecule has 168 valence electrons. The molecule has 2 aliphatic heterocycles. The highest BCUT2D eigenvalue weighted by Gasteiger charge is 2.45. The molecule has 0 bridgehead atoms. The van der Waals surface area contributed by atoms with Crippen LogP contribution in [0.2, 0.25) is 0 Å². The second-order valence-corrected chi connectivity index (χ2v) is 11.5. The van der Waals surface area contributed by atoms with Crippen LogP contribution in [0.5, 0.6) is 0 Å². The average Bonchev–Trinajstić information content (AvgIpc) is 2.78. The van der Waals surface area contributed by atoms with Crippen molar-refractivity contribution in [1.29, 1.82) is 0 Å². The van der Waals surface area contributed by atoms with Crippen molar-refractivity contribution in [2.24, 2.45) is 0 Å². The van der Waals surface area contributed by atoms with E-state index in [9.17, 15) is 13.2 Å². The van der Waals surface area contributed by atoms with Gasteiger partial charge in [0.2, 0.25) is 15.9 Å². The van der Waals surface area contributed by atoms with Crippen molar-refractivity contribution >= 4 is 15.9 Å². The summed E-state index contributed by atoms with van der Waals surface area (Å²) in [5, 5.41) is 3.25. The van der Waals surface area contributed by atoms with Crippen molar-refractivity contribution in [2.45, 2.75) is 63.8 Å². The number of hydrogen-bond acceptors (Lipinski definition) is 4. The summed E-state index contributed by atoms with van der Waals surface area (Å²) < 4.78 is 26.2. The van der Waals surface area contributed by atoms with Gasteiger partial charge in [0.1, 0.15) is 0 Å². The molecule has 30 heavy (non-hydrogen) atoms. The van der Waals surface area contributed by atoms with E-state index in [1.165, 1.54) is 19.3 Å². The summed E-state index contributed by atoms with van der Waals surface area (Å²) in [5.74, 6) is 0.119. The van der Waals surface area contributed by atoms with Crippen LogP contribution in [0.4, 0.5) is 0 Å². The van der Waals surface area contributed by atoms with E-state index >= 15 is 0 Å². The Morgan fingerprint density at radius 3 is 2.20 bits per heavy atom. The number of carbonyl (C=O) groups excluding carboxylic acids is 1. The summed E-state index contributed by atoms with van der Waals surface area (Å²) in [4.78, 5) is 16.1. The average molecular weight is 436 g/mol. The zero-order valence-corrected chi connectivity index (χ0v) is 19.5. The Kier molecular flexibility index (Phi) is 7.25. The second kappa shape index (κ2) is 9.37. The Morgan fingerprint density at radius 1 is 1.03 bits per heavy atom. The van der Waals surface area contributed by atoms with Crippen LogP contribution in [0.25, 0.3) is 0 Å². The molecular weight excluding hydrogens is 398 g/mol. The predicted octanol–water partition coefficient (Wildman–Crippen LogP) is 2.75. The lowest BCUT2D eigenvalue weighted by molar-refractivity contribution is -0.129. The zero-order valence-electron chi connectivity index (χ0n) is 18.7. The number of hydrogen-bond donors (Lipinski definition) is 1.